The number of fused-ring (bicyclic) bond motifs is 1. The van der Waals surface area contributed by atoms with Gasteiger partial charge in [-0.3, -0.25) is 9.69 Å². The number of hydrogen-bond donors (Lipinski definition) is 0. The number of nitrogens with zero attached hydrogens (tertiary/aromatic N) is 2. The normalized spacial score (nSPS) is 25.6. The molecule has 2 fully saturated rings. The molecule has 3 rings (SSSR count). The van der Waals surface area contributed by atoms with Crippen LogP contribution >= 0.6 is 0 Å². The van der Waals surface area contributed by atoms with E-state index in [1.807, 2.05) is 7.05 Å². The molecule has 2 heterocycles. The summed E-state index contributed by atoms with van der Waals surface area (Å²) >= 11 is 0. The van der Waals surface area contributed by atoms with Gasteiger partial charge in [-0.15, -0.1) is 13.2 Å². The fourth-order valence-electron chi connectivity index (χ4n) is 3.52. The van der Waals surface area contributed by atoms with E-state index in [2.05, 4.69) is 9.64 Å². The molecule has 1 aromatic carbocycles. The average Bonchev–Trinajstić information content (AvgIpc) is 2.73. The Balaban J connectivity index is 1.64. The van der Waals surface area contributed by atoms with Gasteiger partial charge in [-0.25, -0.2) is 0 Å². The molecule has 7 heteroatoms. The second kappa shape index (κ2) is 6.03. The number of carbonyl (C=O) groups is 1. The van der Waals surface area contributed by atoms with Crippen LogP contribution in [0, 0.1) is 5.92 Å². The lowest BCUT2D eigenvalue weighted by molar-refractivity contribution is -0.274. The Labute approximate surface area is 132 Å². The number of rotatable bonds is 3. The van der Waals surface area contributed by atoms with Gasteiger partial charge in [0, 0.05) is 32.6 Å². The van der Waals surface area contributed by atoms with Gasteiger partial charge in [0.25, 0.3) is 0 Å². The highest BCUT2D eigenvalue weighted by Gasteiger charge is 2.40. The number of piperidine rings is 1. The van der Waals surface area contributed by atoms with Crippen LogP contribution in [0.2, 0.25) is 0 Å². The van der Waals surface area contributed by atoms with E-state index in [0.29, 0.717) is 18.9 Å². The standard InChI is InChI=1S/C16H19F3N2O2/c1-20-14-10-21(6-5-12(14)8-15(20)22)9-11-3-2-4-13(7-11)23-16(17,18)19/h2-4,7,12,14H,5-6,8-10H2,1H3/t12-,14-/m1/s1. The largest absolute Gasteiger partial charge is 0.573 e. The first kappa shape index (κ1) is 16.1. The number of alkyl halides is 3. The smallest absolute Gasteiger partial charge is 0.406 e. The van der Waals surface area contributed by atoms with Crippen LogP contribution in [0.25, 0.3) is 0 Å². The summed E-state index contributed by atoms with van der Waals surface area (Å²) in [6.45, 7) is 2.17. The number of benzene rings is 1. The third kappa shape index (κ3) is 3.77. The van der Waals surface area contributed by atoms with Crippen LogP contribution in [0.15, 0.2) is 24.3 Å². The van der Waals surface area contributed by atoms with E-state index >= 15 is 0 Å². The number of ether oxygens (including phenoxy) is 1. The molecule has 0 unspecified atom stereocenters. The Kier molecular flexibility index (Phi) is 4.23. The zero-order valence-corrected chi connectivity index (χ0v) is 12.8. The fraction of sp³-hybridized carbons (Fsp3) is 0.562. The summed E-state index contributed by atoms with van der Waals surface area (Å²) in [6, 6.07) is 6.29. The van der Waals surface area contributed by atoms with Crippen molar-refractivity contribution in [2.75, 3.05) is 20.1 Å². The molecule has 2 atom stereocenters. The van der Waals surface area contributed by atoms with Gasteiger partial charge in [0.1, 0.15) is 5.75 Å². The van der Waals surface area contributed by atoms with E-state index in [1.165, 1.54) is 12.1 Å². The van der Waals surface area contributed by atoms with E-state index < -0.39 is 6.36 Å². The third-order valence-electron chi connectivity index (χ3n) is 4.67. The molecule has 0 bridgehead atoms. The van der Waals surface area contributed by atoms with Crippen molar-refractivity contribution < 1.29 is 22.7 Å². The Hall–Kier alpha value is -1.76. The third-order valence-corrected chi connectivity index (χ3v) is 4.67. The molecule has 0 aliphatic carbocycles. The summed E-state index contributed by atoms with van der Waals surface area (Å²) in [7, 11) is 1.83. The summed E-state index contributed by atoms with van der Waals surface area (Å²) in [4.78, 5) is 15.8. The number of halogens is 3. The minimum atomic E-state index is -4.68. The minimum Gasteiger partial charge on any atom is -0.406 e. The van der Waals surface area contributed by atoms with Gasteiger partial charge in [0.05, 0.1) is 0 Å². The number of hydrogen-bond acceptors (Lipinski definition) is 3. The summed E-state index contributed by atoms with van der Waals surface area (Å²) in [6.07, 6.45) is -3.12. The maximum atomic E-state index is 12.3. The summed E-state index contributed by atoms with van der Waals surface area (Å²) in [5.41, 5.74) is 0.775. The maximum absolute atomic E-state index is 12.3. The first-order valence-electron chi connectivity index (χ1n) is 7.64. The van der Waals surface area contributed by atoms with Crippen LogP contribution in [0.5, 0.6) is 5.75 Å². The van der Waals surface area contributed by atoms with Crippen molar-refractivity contribution in [2.24, 2.45) is 5.92 Å². The Morgan fingerprint density at radius 3 is 2.87 bits per heavy atom. The van der Waals surface area contributed by atoms with Crippen molar-refractivity contribution in [1.82, 2.24) is 9.80 Å². The second-order valence-electron chi connectivity index (χ2n) is 6.26. The lowest BCUT2D eigenvalue weighted by Crippen LogP contribution is -2.47. The fourth-order valence-corrected chi connectivity index (χ4v) is 3.52. The van der Waals surface area contributed by atoms with Crippen molar-refractivity contribution in [1.29, 1.82) is 0 Å². The predicted molar refractivity (Wildman–Crippen MR) is 77.7 cm³/mol. The molecular formula is C16H19F3N2O2. The van der Waals surface area contributed by atoms with E-state index in [-0.39, 0.29) is 17.7 Å². The Bertz CT molecular complexity index is 591. The van der Waals surface area contributed by atoms with Crippen LogP contribution in [-0.4, -0.2) is 48.2 Å². The average molecular weight is 328 g/mol. The molecule has 0 saturated carbocycles. The van der Waals surface area contributed by atoms with Crippen LogP contribution in [0.4, 0.5) is 13.2 Å². The van der Waals surface area contributed by atoms with Crippen LogP contribution in [0.1, 0.15) is 18.4 Å². The van der Waals surface area contributed by atoms with Crippen molar-refractivity contribution in [3.05, 3.63) is 29.8 Å². The zero-order chi connectivity index (χ0) is 16.6. The highest BCUT2D eigenvalue weighted by atomic mass is 19.4. The van der Waals surface area contributed by atoms with Gasteiger partial charge in [-0.05, 0) is 36.6 Å². The van der Waals surface area contributed by atoms with Crippen molar-refractivity contribution >= 4 is 5.91 Å². The zero-order valence-electron chi connectivity index (χ0n) is 12.8. The molecule has 2 aliphatic heterocycles. The van der Waals surface area contributed by atoms with Crippen LogP contribution < -0.4 is 4.74 Å². The van der Waals surface area contributed by atoms with Crippen molar-refractivity contribution in [3.8, 4) is 5.75 Å². The molecule has 23 heavy (non-hydrogen) atoms. The van der Waals surface area contributed by atoms with Crippen molar-refractivity contribution in [2.45, 2.75) is 31.8 Å². The molecule has 126 valence electrons. The SMILES string of the molecule is CN1C(=O)C[C@H]2CCN(Cc3cccc(OC(F)(F)F)c3)C[C@H]21. The molecule has 0 aromatic heterocycles. The molecule has 1 aromatic rings. The van der Waals surface area contributed by atoms with Crippen LogP contribution in [0.3, 0.4) is 0 Å². The summed E-state index contributed by atoms with van der Waals surface area (Å²) < 4.78 is 40.8. The predicted octanol–water partition coefficient (Wildman–Crippen LogP) is 2.64. The Morgan fingerprint density at radius 1 is 1.35 bits per heavy atom. The molecule has 0 spiro atoms. The van der Waals surface area contributed by atoms with E-state index in [0.717, 1.165) is 25.1 Å². The highest BCUT2D eigenvalue weighted by Crippen LogP contribution is 2.32. The summed E-state index contributed by atoms with van der Waals surface area (Å²) in [5, 5.41) is 0. The molecular weight excluding hydrogens is 309 g/mol. The van der Waals surface area contributed by atoms with E-state index in [1.54, 1.807) is 17.0 Å². The van der Waals surface area contributed by atoms with Gasteiger partial charge in [-0.1, -0.05) is 12.1 Å². The molecule has 1 amide bonds. The molecule has 2 aliphatic rings. The number of likely N-dealkylation sites (N-methyl/N-ethyl adjacent to an activating group) is 1. The highest BCUT2D eigenvalue weighted by molar-refractivity contribution is 5.79. The Morgan fingerprint density at radius 2 is 2.13 bits per heavy atom. The lowest BCUT2D eigenvalue weighted by Gasteiger charge is -2.37. The molecule has 0 N–H and O–H groups in total. The monoisotopic (exact) mass is 328 g/mol. The topological polar surface area (TPSA) is 32.8 Å². The van der Waals surface area contributed by atoms with Gasteiger partial charge < -0.3 is 9.64 Å². The number of amides is 1. The second-order valence-corrected chi connectivity index (χ2v) is 6.26. The quantitative estimate of drug-likeness (QED) is 0.855. The van der Waals surface area contributed by atoms with Crippen LogP contribution in [-0.2, 0) is 11.3 Å². The van der Waals surface area contributed by atoms with Gasteiger partial charge >= 0.3 is 6.36 Å². The van der Waals surface area contributed by atoms with Gasteiger partial charge in [-0.2, -0.15) is 0 Å². The molecule has 2 saturated heterocycles. The first-order chi connectivity index (χ1) is 10.8. The molecule has 0 radical (unpaired) electrons. The van der Waals surface area contributed by atoms with Crippen molar-refractivity contribution in [3.63, 3.8) is 0 Å². The summed E-state index contributed by atoms with van der Waals surface area (Å²) in [5.74, 6) is 0.393. The van der Waals surface area contributed by atoms with E-state index in [9.17, 15) is 18.0 Å². The van der Waals surface area contributed by atoms with Gasteiger partial charge in [0.2, 0.25) is 5.91 Å². The first-order valence-corrected chi connectivity index (χ1v) is 7.64. The molecule has 4 nitrogen and oxygen atoms in total. The van der Waals surface area contributed by atoms with E-state index in [4.69, 9.17) is 0 Å². The maximum Gasteiger partial charge on any atom is 0.573 e. The van der Waals surface area contributed by atoms with Gasteiger partial charge in [0.15, 0.2) is 0 Å². The lowest BCUT2D eigenvalue weighted by atomic mass is 9.92. The number of carbonyl (C=O) groups excluding carboxylic acids is 1. The number of likely N-dealkylation sites (tertiary alicyclic amines) is 2. The minimum absolute atomic E-state index is 0.183.